The molecule has 0 spiro atoms. The summed E-state index contributed by atoms with van der Waals surface area (Å²) >= 11 is 3.31. The third-order valence-corrected chi connectivity index (χ3v) is 5.23. The van der Waals surface area contributed by atoms with E-state index in [4.69, 9.17) is 5.73 Å². The van der Waals surface area contributed by atoms with Gasteiger partial charge in [0, 0.05) is 22.6 Å². The molecule has 0 bridgehead atoms. The molecule has 2 atom stereocenters. The van der Waals surface area contributed by atoms with Crippen molar-refractivity contribution in [3.05, 3.63) is 34.1 Å². The van der Waals surface area contributed by atoms with Crippen LogP contribution in [0.25, 0.3) is 0 Å². The molecular weight excluding hydrogens is 331 g/mol. The van der Waals surface area contributed by atoms with Crippen LogP contribution >= 0.6 is 15.9 Å². The van der Waals surface area contributed by atoms with E-state index in [9.17, 15) is 4.39 Å². The first-order valence-electron chi connectivity index (χ1n) is 7.92. The fraction of sp³-hybridized carbons (Fsp3) is 0.647. The summed E-state index contributed by atoms with van der Waals surface area (Å²) in [4.78, 5) is 2.37. The van der Waals surface area contributed by atoms with Crippen LogP contribution in [0.5, 0.6) is 0 Å². The maximum atomic E-state index is 14.2. The van der Waals surface area contributed by atoms with E-state index in [1.54, 1.807) is 0 Å². The maximum absolute atomic E-state index is 14.2. The lowest BCUT2D eigenvalue weighted by molar-refractivity contribution is 0.200. The third kappa shape index (κ3) is 4.27. The summed E-state index contributed by atoms with van der Waals surface area (Å²) in [7, 11) is 0. The Balaban J connectivity index is 2.13. The predicted molar refractivity (Wildman–Crippen MR) is 89.6 cm³/mol. The molecule has 1 heterocycles. The molecule has 1 aromatic rings. The third-order valence-electron chi connectivity index (χ3n) is 4.74. The monoisotopic (exact) mass is 356 g/mol. The van der Waals surface area contributed by atoms with Gasteiger partial charge in [0.2, 0.25) is 0 Å². The van der Waals surface area contributed by atoms with E-state index in [2.05, 4.69) is 34.7 Å². The molecule has 2 N–H and O–H groups in total. The second-order valence-corrected chi connectivity index (χ2v) is 7.30. The maximum Gasteiger partial charge on any atom is 0.129 e. The zero-order valence-electron chi connectivity index (χ0n) is 13.0. The van der Waals surface area contributed by atoms with Crippen LogP contribution in [0.2, 0.25) is 0 Å². The van der Waals surface area contributed by atoms with Gasteiger partial charge in [-0.25, -0.2) is 4.39 Å². The highest BCUT2D eigenvalue weighted by Crippen LogP contribution is 2.30. The van der Waals surface area contributed by atoms with Crippen LogP contribution in [0.1, 0.15) is 44.7 Å². The number of nitrogens with zero attached hydrogens (tertiary/aromatic N) is 1. The number of likely N-dealkylation sites (tertiary alicyclic amines) is 1. The van der Waals surface area contributed by atoms with Gasteiger partial charge in [-0.1, -0.05) is 35.8 Å². The van der Waals surface area contributed by atoms with Gasteiger partial charge in [0.25, 0.3) is 0 Å². The Kier molecular flexibility index (Phi) is 6.20. The number of rotatable bonds is 4. The van der Waals surface area contributed by atoms with E-state index in [-0.39, 0.29) is 11.9 Å². The molecule has 1 aromatic carbocycles. The van der Waals surface area contributed by atoms with Gasteiger partial charge in [-0.15, -0.1) is 0 Å². The molecule has 2 rings (SSSR count). The smallest absolute Gasteiger partial charge is 0.129 e. The molecule has 0 amide bonds. The molecule has 0 saturated carbocycles. The molecule has 1 fully saturated rings. The van der Waals surface area contributed by atoms with Crippen molar-refractivity contribution in [1.29, 1.82) is 0 Å². The van der Waals surface area contributed by atoms with Crippen molar-refractivity contribution >= 4 is 15.9 Å². The second kappa shape index (κ2) is 7.70. The SMILES string of the molecule is CC(C)C1CCCN(C(CN)c2ccc(Br)cc2F)CC1. The molecule has 0 radical (unpaired) electrons. The summed E-state index contributed by atoms with van der Waals surface area (Å²) in [6.07, 6.45) is 3.64. The lowest BCUT2D eigenvalue weighted by Gasteiger charge is -2.30. The van der Waals surface area contributed by atoms with E-state index in [1.165, 1.54) is 25.3 Å². The topological polar surface area (TPSA) is 29.3 Å². The summed E-state index contributed by atoms with van der Waals surface area (Å²) in [6.45, 7) is 7.09. The van der Waals surface area contributed by atoms with Crippen LogP contribution in [0.15, 0.2) is 22.7 Å². The molecule has 2 unspecified atom stereocenters. The van der Waals surface area contributed by atoms with Gasteiger partial charge in [0.1, 0.15) is 5.82 Å². The molecule has 0 aromatic heterocycles. The van der Waals surface area contributed by atoms with Gasteiger partial charge in [-0.2, -0.15) is 0 Å². The molecule has 1 saturated heterocycles. The summed E-state index contributed by atoms with van der Waals surface area (Å²) < 4.78 is 15.0. The molecule has 21 heavy (non-hydrogen) atoms. The van der Waals surface area contributed by atoms with Crippen LogP contribution in [-0.2, 0) is 0 Å². The van der Waals surface area contributed by atoms with Crippen LogP contribution in [0, 0.1) is 17.7 Å². The lowest BCUT2D eigenvalue weighted by Crippen LogP contribution is -2.35. The Morgan fingerprint density at radius 1 is 1.33 bits per heavy atom. The quantitative estimate of drug-likeness (QED) is 0.868. The molecular formula is C17H26BrFN2. The lowest BCUT2D eigenvalue weighted by atomic mass is 9.89. The first kappa shape index (κ1) is 16.9. The van der Waals surface area contributed by atoms with Crippen molar-refractivity contribution in [3.63, 3.8) is 0 Å². The molecule has 0 aliphatic carbocycles. The van der Waals surface area contributed by atoms with Crippen molar-refractivity contribution < 1.29 is 4.39 Å². The van der Waals surface area contributed by atoms with Gasteiger partial charge in [0.05, 0.1) is 0 Å². The highest BCUT2D eigenvalue weighted by Gasteiger charge is 2.26. The fourth-order valence-electron chi connectivity index (χ4n) is 3.37. The van der Waals surface area contributed by atoms with Crippen LogP contribution in [0.3, 0.4) is 0 Å². The van der Waals surface area contributed by atoms with Crippen molar-refractivity contribution in [2.24, 2.45) is 17.6 Å². The van der Waals surface area contributed by atoms with Crippen molar-refractivity contribution in [3.8, 4) is 0 Å². The zero-order valence-corrected chi connectivity index (χ0v) is 14.6. The highest BCUT2D eigenvalue weighted by molar-refractivity contribution is 9.10. The average Bonchev–Trinajstić information content (AvgIpc) is 2.68. The number of hydrogen-bond acceptors (Lipinski definition) is 2. The predicted octanol–water partition coefficient (Wildman–Crippen LogP) is 4.35. The van der Waals surface area contributed by atoms with Crippen molar-refractivity contribution in [2.75, 3.05) is 19.6 Å². The minimum Gasteiger partial charge on any atom is -0.329 e. The highest BCUT2D eigenvalue weighted by atomic mass is 79.9. The number of nitrogens with two attached hydrogens (primary N) is 1. The van der Waals surface area contributed by atoms with Crippen LogP contribution in [0.4, 0.5) is 4.39 Å². The molecule has 118 valence electrons. The number of benzene rings is 1. The number of halogens is 2. The van der Waals surface area contributed by atoms with Crippen molar-refractivity contribution in [2.45, 2.75) is 39.2 Å². The minimum absolute atomic E-state index is 0.0102. The minimum atomic E-state index is -0.163. The van der Waals surface area contributed by atoms with E-state index in [1.807, 2.05) is 12.1 Å². The average molecular weight is 357 g/mol. The van der Waals surface area contributed by atoms with Gasteiger partial charge < -0.3 is 5.73 Å². The standard InChI is InChI=1S/C17H26BrFN2/c1-12(2)13-4-3-8-21(9-7-13)17(11-20)15-6-5-14(18)10-16(15)19/h5-6,10,12-13,17H,3-4,7-9,11,20H2,1-2H3. The van der Waals surface area contributed by atoms with E-state index in [0.29, 0.717) is 6.54 Å². The van der Waals surface area contributed by atoms with Gasteiger partial charge in [-0.3, -0.25) is 4.90 Å². The molecule has 1 aliphatic rings. The Hall–Kier alpha value is -0.450. The summed E-state index contributed by atoms with van der Waals surface area (Å²) in [5.74, 6) is 1.35. The summed E-state index contributed by atoms with van der Waals surface area (Å²) in [5.41, 5.74) is 6.69. The molecule has 2 nitrogen and oxygen atoms in total. The number of hydrogen-bond donors (Lipinski definition) is 1. The first-order valence-corrected chi connectivity index (χ1v) is 8.71. The van der Waals surface area contributed by atoms with Crippen molar-refractivity contribution in [1.82, 2.24) is 4.90 Å². The van der Waals surface area contributed by atoms with Crippen LogP contribution < -0.4 is 5.73 Å². The zero-order chi connectivity index (χ0) is 15.4. The largest absolute Gasteiger partial charge is 0.329 e. The second-order valence-electron chi connectivity index (χ2n) is 6.39. The normalized spacial score (nSPS) is 22.3. The molecule has 4 heteroatoms. The van der Waals surface area contributed by atoms with Crippen LogP contribution in [-0.4, -0.2) is 24.5 Å². The van der Waals surface area contributed by atoms with Gasteiger partial charge >= 0.3 is 0 Å². The Morgan fingerprint density at radius 2 is 2.10 bits per heavy atom. The van der Waals surface area contributed by atoms with E-state index < -0.39 is 0 Å². The molecule has 1 aliphatic heterocycles. The Labute approximate surface area is 136 Å². The van der Waals surface area contributed by atoms with Gasteiger partial charge in [-0.05, 0) is 56.3 Å². The Morgan fingerprint density at radius 3 is 2.71 bits per heavy atom. The van der Waals surface area contributed by atoms with E-state index >= 15 is 0 Å². The summed E-state index contributed by atoms with van der Waals surface area (Å²) in [5, 5.41) is 0. The van der Waals surface area contributed by atoms with E-state index in [0.717, 1.165) is 35.0 Å². The van der Waals surface area contributed by atoms with Gasteiger partial charge in [0.15, 0.2) is 0 Å². The fourth-order valence-corrected chi connectivity index (χ4v) is 3.70. The Bertz CT molecular complexity index is 464. The first-order chi connectivity index (χ1) is 10.0. The summed E-state index contributed by atoms with van der Waals surface area (Å²) in [6, 6.07) is 5.29.